The summed E-state index contributed by atoms with van der Waals surface area (Å²) in [5.41, 5.74) is 5.53. The first kappa shape index (κ1) is 14.5. The fourth-order valence-corrected chi connectivity index (χ4v) is 1.43. The number of nitrogens with two attached hydrogens (primary N) is 1. The second-order valence-corrected chi connectivity index (χ2v) is 4.88. The largest absolute Gasteiger partial charge is 0.394 e. The van der Waals surface area contributed by atoms with E-state index in [1.54, 1.807) is 0 Å². The van der Waals surface area contributed by atoms with E-state index >= 15 is 0 Å². The fourth-order valence-electron chi connectivity index (χ4n) is 1.30. The lowest BCUT2D eigenvalue weighted by molar-refractivity contribution is -0.128. The van der Waals surface area contributed by atoms with E-state index in [0.717, 1.165) is 0 Å². The number of nitrogens with zero attached hydrogens (tertiary/aromatic N) is 2. The molecular formula is C11H18ClN5O. The maximum atomic E-state index is 11.8. The zero-order valence-electron chi connectivity index (χ0n) is 10.7. The Kier molecular flexibility index (Phi) is 4.72. The Morgan fingerprint density at radius 3 is 2.83 bits per heavy atom. The first-order valence-corrected chi connectivity index (χ1v) is 6.05. The van der Waals surface area contributed by atoms with Crippen LogP contribution in [-0.2, 0) is 4.79 Å². The maximum Gasteiger partial charge on any atom is 0.227 e. The molecule has 7 heteroatoms. The third-order valence-electron chi connectivity index (χ3n) is 2.44. The van der Waals surface area contributed by atoms with Gasteiger partial charge < -0.3 is 16.4 Å². The minimum atomic E-state index is -0.570. The molecule has 0 atom stereocenters. The summed E-state index contributed by atoms with van der Waals surface area (Å²) in [5.74, 6) is 0.406. The van der Waals surface area contributed by atoms with Crippen molar-refractivity contribution in [3.63, 3.8) is 0 Å². The van der Waals surface area contributed by atoms with Crippen LogP contribution in [0.5, 0.6) is 0 Å². The van der Waals surface area contributed by atoms with Crippen LogP contribution in [0.25, 0.3) is 0 Å². The summed E-state index contributed by atoms with van der Waals surface area (Å²) in [6, 6.07) is 0. The highest BCUT2D eigenvalue weighted by atomic mass is 35.5. The number of anilines is 2. The molecule has 1 aromatic rings. The van der Waals surface area contributed by atoms with Gasteiger partial charge in [0, 0.05) is 13.1 Å². The average molecular weight is 272 g/mol. The number of amides is 1. The monoisotopic (exact) mass is 271 g/mol. The molecule has 0 fully saturated rings. The Labute approximate surface area is 111 Å². The minimum absolute atomic E-state index is 0.0313. The van der Waals surface area contributed by atoms with Crippen LogP contribution < -0.4 is 16.4 Å². The van der Waals surface area contributed by atoms with Gasteiger partial charge in [-0.2, -0.15) is 4.98 Å². The van der Waals surface area contributed by atoms with Gasteiger partial charge in [-0.05, 0) is 32.4 Å². The van der Waals surface area contributed by atoms with Gasteiger partial charge >= 0.3 is 0 Å². The molecule has 0 aliphatic heterocycles. The lowest BCUT2D eigenvalue weighted by Crippen LogP contribution is -2.41. The maximum absolute atomic E-state index is 11.8. The molecule has 18 heavy (non-hydrogen) atoms. The Balaban J connectivity index is 2.69. The summed E-state index contributed by atoms with van der Waals surface area (Å²) in [4.78, 5) is 19.5. The average Bonchev–Trinajstić information content (AvgIpc) is 2.31. The van der Waals surface area contributed by atoms with Crippen LogP contribution in [0.4, 0.5) is 11.5 Å². The van der Waals surface area contributed by atoms with E-state index in [9.17, 15) is 4.79 Å². The fraction of sp³-hybridized carbons (Fsp3) is 0.545. The minimum Gasteiger partial charge on any atom is -0.394 e. The number of nitrogens with one attached hydrogen (secondary N) is 2. The van der Waals surface area contributed by atoms with Crippen molar-refractivity contribution in [1.82, 2.24) is 15.3 Å². The van der Waals surface area contributed by atoms with Crippen LogP contribution in [0.1, 0.15) is 20.8 Å². The lowest BCUT2D eigenvalue weighted by Gasteiger charge is -2.24. The van der Waals surface area contributed by atoms with Crippen LogP contribution in [0.3, 0.4) is 0 Å². The van der Waals surface area contributed by atoms with E-state index in [4.69, 9.17) is 17.3 Å². The van der Waals surface area contributed by atoms with E-state index in [1.165, 1.54) is 6.20 Å². The smallest absolute Gasteiger partial charge is 0.227 e. The van der Waals surface area contributed by atoms with Crippen molar-refractivity contribution in [3.05, 3.63) is 11.5 Å². The summed E-state index contributed by atoms with van der Waals surface area (Å²) in [6.07, 6.45) is 1.43. The molecule has 1 amide bonds. The molecule has 1 rings (SSSR count). The summed E-state index contributed by atoms with van der Waals surface area (Å²) in [5, 5.41) is 5.90. The van der Waals surface area contributed by atoms with Crippen LogP contribution in [0.15, 0.2) is 6.20 Å². The molecule has 100 valence electrons. The Morgan fingerprint density at radius 2 is 2.22 bits per heavy atom. The molecule has 0 aromatic carbocycles. The number of aromatic nitrogens is 2. The van der Waals surface area contributed by atoms with E-state index in [0.29, 0.717) is 24.6 Å². The van der Waals surface area contributed by atoms with E-state index in [-0.39, 0.29) is 11.2 Å². The van der Waals surface area contributed by atoms with Gasteiger partial charge in [0.25, 0.3) is 0 Å². The van der Waals surface area contributed by atoms with Crippen molar-refractivity contribution >= 4 is 29.0 Å². The molecule has 0 bridgehead atoms. The Bertz CT molecular complexity index is 435. The molecule has 6 nitrogen and oxygen atoms in total. The van der Waals surface area contributed by atoms with E-state index in [1.807, 2.05) is 20.8 Å². The normalized spacial score (nSPS) is 11.1. The van der Waals surface area contributed by atoms with Crippen molar-refractivity contribution in [2.45, 2.75) is 20.8 Å². The molecule has 0 spiro atoms. The van der Waals surface area contributed by atoms with Crippen molar-refractivity contribution in [3.8, 4) is 0 Å². The number of hydrogen-bond donors (Lipinski definition) is 3. The molecular weight excluding hydrogens is 254 g/mol. The van der Waals surface area contributed by atoms with Gasteiger partial charge in [-0.15, -0.1) is 0 Å². The van der Waals surface area contributed by atoms with Crippen LogP contribution in [-0.4, -0.2) is 29.0 Å². The third kappa shape index (κ3) is 3.73. The molecule has 0 radical (unpaired) electrons. The second kappa shape index (κ2) is 5.86. The summed E-state index contributed by atoms with van der Waals surface area (Å²) >= 11 is 5.68. The molecule has 0 unspecified atom stereocenters. The first-order chi connectivity index (χ1) is 8.36. The van der Waals surface area contributed by atoms with E-state index < -0.39 is 5.41 Å². The number of halogens is 1. The second-order valence-electron chi connectivity index (χ2n) is 4.54. The van der Waals surface area contributed by atoms with Crippen molar-refractivity contribution < 1.29 is 4.79 Å². The van der Waals surface area contributed by atoms with Gasteiger partial charge in [0.2, 0.25) is 11.2 Å². The molecule has 4 N–H and O–H groups in total. The summed E-state index contributed by atoms with van der Waals surface area (Å²) < 4.78 is 0. The van der Waals surface area contributed by atoms with Gasteiger partial charge in [0.15, 0.2) is 5.82 Å². The van der Waals surface area contributed by atoms with Crippen molar-refractivity contribution in [2.75, 3.05) is 24.1 Å². The highest BCUT2D eigenvalue weighted by Gasteiger charge is 2.27. The number of carbonyl (C=O) groups is 1. The number of hydrogen-bond acceptors (Lipinski definition) is 5. The zero-order chi connectivity index (χ0) is 13.8. The highest BCUT2D eigenvalue weighted by molar-refractivity contribution is 6.28. The molecule has 0 aliphatic rings. The van der Waals surface area contributed by atoms with Crippen LogP contribution in [0, 0.1) is 5.41 Å². The summed E-state index contributed by atoms with van der Waals surface area (Å²) in [6.45, 7) is 6.55. The lowest BCUT2D eigenvalue weighted by atomic mass is 9.92. The molecule has 0 saturated carbocycles. The molecule has 0 aliphatic carbocycles. The predicted octanol–water partition coefficient (Wildman–Crippen LogP) is 1.29. The molecule has 1 heterocycles. The van der Waals surface area contributed by atoms with Crippen molar-refractivity contribution in [1.29, 1.82) is 0 Å². The zero-order valence-corrected chi connectivity index (χ0v) is 11.5. The van der Waals surface area contributed by atoms with Crippen LogP contribution >= 0.6 is 11.6 Å². The van der Waals surface area contributed by atoms with Crippen LogP contribution in [0.2, 0.25) is 5.28 Å². The van der Waals surface area contributed by atoms with Gasteiger partial charge in [-0.1, -0.05) is 0 Å². The number of rotatable bonds is 5. The van der Waals surface area contributed by atoms with Gasteiger partial charge in [0.1, 0.15) is 0 Å². The Hall–Kier alpha value is -1.56. The standard InChI is InChI=1S/C11H18ClN5O/c1-4-14-9(18)11(2,3)6-16-8-7(13)5-15-10(12)17-8/h5H,4,6,13H2,1-3H3,(H,14,18)(H,15,16,17). The molecule has 1 aromatic heterocycles. The van der Waals surface area contributed by atoms with Gasteiger partial charge in [-0.25, -0.2) is 4.98 Å². The third-order valence-corrected chi connectivity index (χ3v) is 2.62. The summed E-state index contributed by atoms with van der Waals surface area (Å²) in [7, 11) is 0. The van der Waals surface area contributed by atoms with E-state index in [2.05, 4.69) is 20.6 Å². The number of carbonyl (C=O) groups excluding carboxylic acids is 1. The predicted molar refractivity (Wildman–Crippen MR) is 72.4 cm³/mol. The number of nitrogen functional groups attached to an aromatic ring is 1. The first-order valence-electron chi connectivity index (χ1n) is 5.67. The Morgan fingerprint density at radius 1 is 1.56 bits per heavy atom. The quantitative estimate of drug-likeness (QED) is 0.702. The SMILES string of the molecule is CCNC(=O)C(C)(C)CNc1nc(Cl)ncc1N. The van der Waals surface area contributed by atoms with Gasteiger partial charge in [-0.3, -0.25) is 4.79 Å². The molecule has 0 saturated heterocycles. The topological polar surface area (TPSA) is 92.9 Å². The highest BCUT2D eigenvalue weighted by Crippen LogP contribution is 2.20. The van der Waals surface area contributed by atoms with Crippen molar-refractivity contribution in [2.24, 2.45) is 5.41 Å². The van der Waals surface area contributed by atoms with Gasteiger partial charge in [0.05, 0.1) is 17.3 Å².